The summed E-state index contributed by atoms with van der Waals surface area (Å²) in [5, 5.41) is 12.4. The number of aryl methyl sites for hydroxylation is 1. The van der Waals surface area contributed by atoms with Crippen molar-refractivity contribution in [1.29, 1.82) is 0 Å². The first-order valence-electron chi connectivity index (χ1n) is 12.9. The predicted octanol–water partition coefficient (Wildman–Crippen LogP) is 5.18. The zero-order valence-electron chi connectivity index (χ0n) is 21.6. The molecule has 0 bridgehead atoms. The van der Waals surface area contributed by atoms with Crippen molar-refractivity contribution in [2.75, 3.05) is 5.32 Å². The van der Waals surface area contributed by atoms with Crippen molar-refractivity contribution in [1.82, 2.24) is 14.1 Å². The van der Waals surface area contributed by atoms with Crippen LogP contribution in [0.5, 0.6) is 11.5 Å². The van der Waals surface area contributed by atoms with Crippen LogP contribution < -0.4 is 21.3 Å². The molecule has 0 unspecified atom stereocenters. The zero-order valence-corrected chi connectivity index (χ0v) is 21.6. The zero-order chi connectivity index (χ0) is 26.5. The summed E-state index contributed by atoms with van der Waals surface area (Å²) in [4.78, 5) is 41.9. The number of hydrogen-bond donors (Lipinski definition) is 2. The van der Waals surface area contributed by atoms with Gasteiger partial charge >= 0.3 is 11.7 Å². The van der Waals surface area contributed by atoms with Gasteiger partial charge in [-0.1, -0.05) is 32.8 Å². The molecule has 9 heteroatoms. The van der Waals surface area contributed by atoms with Crippen molar-refractivity contribution < 1.29 is 14.6 Å². The quantitative estimate of drug-likeness (QED) is 0.411. The van der Waals surface area contributed by atoms with Gasteiger partial charge in [-0.05, 0) is 68.4 Å². The summed E-state index contributed by atoms with van der Waals surface area (Å²) < 4.78 is 8.84. The van der Waals surface area contributed by atoms with E-state index in [-0.39, 0.29) is 16.8 Å². The Morgan fingerprint density at radius 3 is 2.54 bits per heavy atom. The molecule has 37 heavy (non-hydrogen) atoms. The highest BCUT2D eigenvalue weighted by Gasteiger charge is 2.21. The molecule has 3 aromatic rings. The van der Waals surface area contributed by atoms with Crippen LogP contribution in [-0.4, -0.2) is 25.2 Å². The van der Waals surface area contributed by atoms with Crippen molar-refractivity contribution in [3.05, 3.63) is 74.6 Å². The van der Waals surface area contributed by atoms with Crippen LogP contribution in [0.15, 0.2) is 52.1 Å². The Balaban J connectivity index is 1.60. The van der Waals surface area contributed by atoms with Gasteiger partial charge in [0.15, 0.2) is 0 Å². The number of aromatic nitrogens is 3. The lowest BCUT2D eigenvalue weighted by Crippen LogP contribution is -2.41. The summed E-state index contributed by atoms with van der Waals surface area (Å²) in [5.41, 5.74) is 0.0631. The standard InChI is InChI=1S/C28H34N4O5/c1-4-14-31-26(33)16-25(32(28(31)36)17-20-10-8-18(2)9-11-20)30-24-13-12-23(19(3)29-24)37-22-7-5-6-21(15-22)27(34)35/h5-7,12-13,15-16,18,20H,4,8-11,14,17H2,1-3H3,(H,29,30)(H,34,35). The lowest BCUT2D eigenvalue weighted by Gasteiger charge is -2.27. The highest BCUT2D eigenvalue weighted by Crippen LogP contribution is 2.30. The number of pyridine rings is 1. The molecule has 9 nitrogen and oxygen atoms in total. The predicted molar refractivity (Wildman–Crippen MR) is 142 cm³/mol. The van der Waals surface area contributed by atoms with E-state index in [1.165, 1.54) is 22.8 Å². The lowest BCUT2D eigenvalue weighted by atomic mass is 9.83. The van der Waals surface area contributed by atoms with Crippen LogP contribution in [-0.2, 0) is 13.1 Å². The second kappa shape index (κ2) is 11.5. The third-order valence-electron chi connectivity index (χ3n) is 6.90. The number of rotatable bonds is 9. The Morgan fingerprint density at radius 1 is 1.11 bits per heavy atom. The fourth-order valence-electron chi connectivity index (χ4n) is 4.77. The third kappa shape index (κ3) is 6.28. The van der Waals surface area contributed by atoms with Gasteiger partial charge in [-0.3, -0.25) is 13.9 Å². The maximum Gasteiger partial charge on any atom is 0.335 e. The number of nitrogens with zero attached hydrogens (tertiary/aromatic N) is 3. The van der Waals surface area contributed by atoms with E-state index >= 15 is 0 Å². The van der Waals surface area contributed by atoms with E-state index in [9.17, 15) is 19.5 Å². The maximum atomic E-state index is 13.3. The van der Waals surface area contributed by atoms with Gasteiger partial charge in [0.25, 0.3) is 5.56 Å². The topological polar surface area (TPSA) is 115 Å². The Bertz CT molecular complexity index is 1390. The van der Waals surface area contributed by atoms with Gasteiger partial charge in [0.2, 0.25) is 0 Å². The van der Waals surface area contributed by atoms with Gasteiger partial charge in [0.05, 0.1) is 11.3 Å². The van der Waals surface area contributed by atoms with Gasteiger partial charge in [0.1, 0.15) is 23.1 Å². The molecule has 2 heterocycles. The number of nitrogens with one attached hydrogen (secondary N) is 1. The van der Waals surface area contributed by atoms with E-state index in [1.807, 2.05) is 6.92 Å². The van der Waals surface area contributed by atoms with Crippen molar-refractivity contribution in [3.8, 4) is 11.5 Å². The second-order valence-corrected chi connectivity index (χ2v) is 9.88. The van der Waals surface area contributed by atoms with Gasteiger partial charge in [0, 0.05) is 19.2 Å². The number of aromatic carboxylic acids is 1. The molecule has 196 valence electrons. The molecular weight excluding hydrogens is 472 g/mol. The maximum absolute atomic E-state index is 13.3. The number of carboxylic acids is 1. The summed E-state index contributed by atoms with van der Waals surface area (Å²) in [6.07, 6.45) is 5.11. The average Bonchev–Trinajstić information content (AvgIpc) is 2.87. The molecule has 0 atom stereocenters. The van der Waals surface area contributed by atoms with E-state index in [2.05, 4.69) is 17.2 Å². The van der Waals surface area contributed by atoms with E-state index < -0.39 is 5.97 Å². The number of carboxylic acid groups (broad SMARTS) is 1. The monoisotopic (exact) mass is 506 g/mol. The first-order chi connectivity index (χ1) is 17.7. The summed E-state index contributed by atoms with van der Waals surface area (Å²) >= 11 is 0. The largest absolute Gasteiger partial charge is 0.478 e. The molecular formula is C28H34N4O5. The fourth-order valence-corrected chi connectivity index (χ4v) is 4.77. The minimum Gasteiger partial charge on any atom is -0.478 e. The van der Waals surface area contributed by atoms with Gasteiger partial charge in [-0.15, -0.1) is 0 Å². The minimum absolute atomic E-state index is 0.129. The molecule has 0 spiro atoms. The molecule has 0 aliphatic heterocycles. The summed E-state index contributed by atoms with van der Waals surface area (Å²) in [6, 6.07) is 11.1. The Kier molecular flexibility index (Phi) is 8.11. The first-order valence-corrected chi connectivity index (χ1v) is 12.9. The Hall–Kier alpha value is -3.88. The van der Waals surface area contributed by atoms with Crippen molar-refractivity contribution in [3.63, 3.8) is 0 Å². The van der Waals surface area contributed by atoms with E-state index in [0.29, 0.717) is 60.2 Å². The molecule has 1 aliphatic carbocycles. The second-order valence-electron chi connectivity index (χ2n) is 9.88. The van der Waals surface area contributed by atoms with Crippen LogP contribution in [0.4, 0.5) is 11.6 Å². The van der Waals surface area contributed by atoms with Gasteiger partial charge in [-0.25, -0.2) is 14.6 Å². The number of carbonyl (C=O) groups is 1. The van der Waals surface area contributed by atoms with Crippen LogP contribution in [0.3, 0.4) is 0 Å². The van der Waals surface area contributed by atoms with Crippen molar-refractivity contribution >= 4 is 17.6 Å². The summed E-state index contributed by atoms with van der Waals surface area (Å²) in [6.45, 7) is 6.92. The highest BCUT2D eigenvalue weighted by atomic mass is 16.5. The highest BCUT2D eigenvalue weighted by molar-refractivity contribution is 5.88. The first kappa shape index (κ1) is 26.2. The number of benzene rings is 1. The third-order valence-corrected chi connectivity index (χ3v) is 6.90. The van der Waals surface area contributed by atoms with Crippen LogP contribution >= 0.6 is 0 Å². The van der Waals surface area contributed by atoms with Crippen LogP contribution in [0.2, 0.25) is 0 Å². The smallest absolute Gasteiger partial charge is 0.335 e. The average molecular weight is 507 g/mol. The molecule has 0 radical (unpaired) electrons. The molecule has 0 amide bonds. The van der Waals surface area contributed by atoms with Crippen LogP contribution in [0.25, 0.3) is 0 Å². The molecule has 1 aliphatic rings. The van der Waals surface area contributed by atoms with Crippen molar-refractivity contribution in [2.45, 2.75) is 66.0 Å². The Morgan fingerprint density at radius 2 is 1.86 bits per heavy atom. The molecule has 1 saturated carbocycles. The van der Waals surface area contributed by atoms with Gasteiger partial charge < -0.3 is 15.2 Å². The van der Waals surface area contributed by atoms with Crippen LogP contribution in [0.1, 0.15) is 62.0 Å². The van der Waals surface area contributed by atoms with Crippen molar-refractivity contribution in [2.24, 2.45) is 11.8 Å². The molecule has 1 fully saturated rings. The van der Waals surface area contributed by atoms with Crippen LogP contribution in [0, 0.1) is 18.8 Å². The van der Waals surface area contributed by atoms with E-state index in [0.717, 1.165) is 25.7 Å². The number of anilines is 2. The minimum atomic E-state index is -1.03. The lowest BCUT2D eigenvalue weighted by molar-refractivity contribution is 0.0696. The molecule has 1 aromatic carbocycles. The number of hydrogen-bond acceptors (Lipinski definition) is 6. The molecule has 2 aromatic heterocycles. The normalized spacial score (nSPS) is 17.4. The van der Waals surface area contributed by atoms with E-state index in [4.69, 9.17) is 4.74 Å². The van der Waals surface area contributed by atoms with E-state index in [1.54, 1.807) is 35.8 Å². The van der Waals surface area contributed by atoms with Gasteiger partial charge in [-0.2, -0.15) is 0 Å². The molecule has 4 rings (SSSR count). The SMILES string of the molecule is CCCn1c(=O)cc(Nc2ccc(Oc3cccc(C(=O)O)c3)c(C)n2)n(CC2CCC(C)CC2)c1=O. The Labute approximate surface area is 215 Å². The molecule has 2 N–H and O–H groups in total. The summed E-state index contributed by atoms with van der Waals surface area (Å²) in [5.74, 6) is 1.82. The number of ether oxygens (including phenoxy) is 1. The molecule has 0 saturated heterocycles. The fraction of sp³-hybridized carbons (Fsp3) is 0.429. The summed E-state index contributed by atoms with van der Waals surface area (Å²) in [7, 11) is 0.